The van der Waals surface area contributed by atoms with Crippen LogP contribution in [0, 0.1) is 41.0 Å². The molecule has 4 aromatic heterocycles. The van der Waals surface area contributed by atoms with Crippen molar-refractivity contribution in [1.82, 2.24) is 34.9 Å². The van der Waals surface area contributed by atoms with E-state index in [-0.39, 0.29) is 65.3 Å². The summed E-state index contributed by atoms with van der Waals surface area (Å²) in [4.78, 5) is 31.8. The van der Waals surface area contributed by atoms with E-state index in [1.165, 1.54) is 65.5 Å². The van der Waals surface area contributed by atoms with Gasteiger partial charge in [-0.15, -0.1) is 5.10 Å². The minimum atomic E-state index is -1.65. The van der Waals surface area contributed by atoms with Crippen LogP contribution in [0.4, 0.5) is 23.2 Å². The van der Waals surface area contributed by atoms with Crippen LogP contribution in [0.25, 0.3) is 101 Å². The van der Waals surface area contributed by atoms with Crippen LogP contribution in [-0.4, -0.2) is 111 Å². The molecule has 18 nitrogen and oxygen atoms in total. The van der Waals surface area contributed by atoms with Gasteiger partial charge in [0, 0.05) is 87.8 Å². The van der Waals surface area contributed by atoms with Crippen molar-refractivity contribution in [1.29, 1.82) is 0 Å². The van der Waals surface area contributed by atoms with Crippen molar-refractivity contribution >= 4 is 79.6 Å². The summed E-state index contributed by atoms with van der Waals surface area (Å²) in [6.07, 6.45) is 10.8. The van der Waals surface area contributed by atoms with Gasteiger partial charge in [-0.2, -0.15) is 0 Å². The van der Waals surface area contributed by atoms with Crippen LogP contribution in [0.3, 0.4) is 0 Å². The number of H-pyrrole nitrogens is 2. The average Bonchev–Trinajstić information content (AvgIpc) is 1.76. The van der Waals surface area contributed by atoms with E-state index in [0.29, 0.717) is 104 Å². The average molecular weight is 1250 g/mol. The number of rotatable bonds is 16. The van der Waals surface area contributed by atoms with Gasteiger partial charge >= 0.3 is 5.97 Å². The minimum absolute atomic E-state index is 0.0300. The van der Waals surface area contributed by atoms with Crippen molar-refractivity contribution in [3.8, 4) is 61.8 Å². The van der Waals surface area contributed by atoms with Crippen LogP contribution >= 0.6 is 21.6 Å². The topological polar surface area (TPSA) is 276 Å². The number of aromatic nitrogens is 7. The van der Waals surface area contributed by atoms with Gasteiger partial charge in [-0.3, -0.25) is 9.48 Å². The molecule has 4 aromatic carbocycles. The van der Waals surface area contributed by atoms with E-state index in [1.807, 2.05) is 36.0 Å². The molecular formula is C65H63F4N11O7S2. The molecule has 1 unspecified atom stereocenters. The number of fused-ring (bicyclic) bond motifs is 10. The number of phenols is 3. The molecule has 2 aliphatic heterocycles. The fourth-order valence-corrected chi connectivity index (χ4v) is 13.4. The van der Waals surface area contributed by atoms with Crippen molar-refractivity contribution < 1.29 is 52.6 Å². The first-order valence-corrected chi connectivity index (χ1v) is 31.2. The van der Waals surface area contributed by atoms with Gasteiger partial charge in [-0.1, -0.05) is 68.3 Å². The number of azide groups is 1. The zero-order chi connectivity index (χ0) is 62.9. The molecule has 8 aromatic rings. The number of aromatic hydroxyl groups is 3. The predicted octanol–water partition coefficient (Wildman–Crippen LogP) is 14.0. The lowest BCUT2D eigenvalue weighted by atomic mass is 10.0. The van der Waals surface area contributed by atoms with E-state index in [2.05, 4.69) is 35.6 Å². The van der Waals surface area contributed by atoms with Crippen molar-refractivity contribution in [2.24, 2.45) is 29.9 Å². The molecule has 8 bridgehead atoms. The highest BCUT2D eigenvalue weighted by molar-refractivity contribution is 8.76. The summed E-state index contributed by atoms with van der Waals surface area (Å²) in [6.45, 7) is 1.77. The Labute approximate surface area is 516 Å². The second-order valence-electron chi connectivity index (χ2n) is 21.5. The Morgan fingerprint density at radius 1 is 0.719 bits per heavy atom. The zero-order valence-corrected chi connectivity index (χ0v) is 50.2. The summed E-state index contributed by atoms with van der Waals surface area (Å²) in [5.74, 6) is -4.49. The normalized spacial score (nSPS) is 15.6. The molecular weight excluding hydrogens is 1190 g/mol. The maximum Gasteiger partial charge on any atom is 0.305 e. The third-order valence-electron chi connectivity index (χ3n) is 15.6. The first-order chi connectivity index (χ1) is 43.1. The number of hydrogen-bond donors (Lipinski definition) is 8. The summed E-state index contributed by atoms with van der Waals surface area (Å²) < 4.78 is 74.5. The van der Waals surface area contributed by atoms with Crippen LogP contribution < -0.4 is 5.32 Å². The fourth-order valence-electron chi connectivity index (χ4n) is 11.4. The zero-order valence-electron chi connectivity index (χ0n) is 48.6. The van der Waals surface area contributed by atoms with Crippen molar-refractivity contribution in [2.45, 2.75) is 51.6 Å². The number of aliphatic hydroxyl groups excluding tert-OH is 2. The Morgan fingerprint density at radius 3 is 1.63 bits per heavy atom. The quantitative estimate of drug-likeness (QED) is 0.00653. The van der Waals surface area contributed by atoms with E-state index >= 15 is 17.6 Å². The van der Waals surface area contributed by atoms with Crippen molar-refractivity contribution in [3.05, 3.63) is 165 Å². The number of ether oxygens (including phenoxy) is 1. The molecule has 460 valence electrons. The van der Waals surface area contributed by atoms with Gasteiger partial charge in [0.15, 0.2) is 23.3 Å². The van der Waals surface area contributed by atoms with Crippen LogP contribution in [0.2, 0.25) is 0 Å². The number of nitrogens with zero attached hydrogens (tertiary/aromatic N) is 8. The third-order valence-corrected chi connectivity index (χ3v) is 18.1. The van der Waals surface area contributed by atoms with Gasteiger partial charge in [-0.25, -0.2) is 27.5 Å². The van der Waals surface area contributed by atoms with Crippen LogP contribution in [0.15, 0.2) is 102 Å². The van der Waals surface area contributed by atoms with E-state index in [1.54, 1.807) is 72.8 Å². The highest BCUT2D eigenvalue weighted by Gasteiger charge is 2.50. The molecule has 12 rings (SSSR count). The lowest BCUT2D eigenvalue weighted by molar-refractivity contribution is -0.144. The standard InChI is InChI=1S/C61H52F4N8O5S2.C3H8O2.CH3N3/c1-73-50-24-14-39-38(13-15-41(50)71-72-73)40(39)31-78-51(77)12-5-26-79-80-27-25-66-61-59(64)57(62)56(58(63)60(61)65)55-48-22-20-46(69-48)53(33-7-3-10-36(75)29-33)44-18-16-42(67-44)52(32-6-2-9-35(74)28-32)43-17-19-45(68-43)54(47-21-23-49(55)70-47)34-8-4-11-37(76)30-34;1-3(5)2-4;1-3-4-2/h2-4,6-11,16-23,28-30,38-40,66-67,70,74-76H,5,12-15,24-27,31H2,1H3;3-5H,2H2,1H3;1H3/t38-,39+,40+;;/m0../s1. The lowest BCUT2D eigenvalue weighted by Crippen LogP contribution is -2.12. The summed E-state index contributed by atoms with van der Waals surface area (Å²) in [6, 6.07) is 26.5. The first kappa shape index (κ1) is 63.0. The molecule has 6 heterocycles. The third kappa shape index (κ3) is 14.3. The Morgan fingerprint density at radius 2 is 1.17 bits per heavy atom. The number of carbonyl (C=O) groups is 1. The molecule has 8 N–H and O–H groups in total. The number of aromatic amines is 2. The van der Waals surface area contributed by atoms with Crippen molar-refractivity contribution in [2.75, 3.05) is 43.6 Å². The molecule has 89 heavy (non-hydrogen) atoms. The van der Waals surface area contributed by atoms with Crippen molar-refractivity contribution in [3.63, 3.8) is 0 Å². The number of halogens is 4. The number of hydrogen-bond acceptors (Lipinski definition) is 15. The lowest BCUT2D eigenvalue weighted by Gasteiger charge is -2.14. The van der Waals surface area contributed by atoms with Crippen LogP contribution in [0.1, 0.15) is 66.8 Å². The molecule has 4 atom stereocenters. The number of carbonyl (C=O) groups excluding carboxylic acids is 1. The van der Waals surface area contributed by atoms with E-state index < -0.39 is 40.6 Å². The number of nitrogens with one attached hydrogen (secondary N) is 3. The highest BCUT2D eigenvalue weighted by Crippen LogP contribution is 2.53. The van der Waals surface area contributed by atoms with Gasteiger partial charge in [0.05, 0.1) is 59.0 Å². The maximum atomic E-state index is 17.0. The number of anilines is 1. The number of aliphatic hydroxyl groups is 2. The van der Waals surface area contributed by atoms with E-state index in [4.69, 9.17) is 30.4 Å². The molecule has 2 aliphatic carbocycles. The van der Waals surface area contributed by atoms with Gasteiger partial charge in [0.1, 0.15) is 22.9 Å². The van der Waals surface area contributed by atoms with E-state index in [9.17, 15) is 20.1 Å². The molecule has 0 saturated heterocycles. The molecule has 0 spiro atoms. The highest BCUT2D eigenvalue weighted by atomic mass is 33.1. The Kier molecular flexibility index (Phi) is 20.1. The number of aryl methyl sites for hydroxylation is 2. The second kappa shape index (κ2) is 28.4. The summed E-state index contributed by atoms with van der Waals surface area (Å²) in [5, 5.41) is 62.1. The number of phenolic OH excluding ortho intramolecular Hbond substituents is 3. The number of benzene rings is 4. The smallest absolute Gasteiger partial charge is 0.305 e. The first-order valence-electron chi connectivity index (χ1n) is 28.7. The van der Waals surface area contributed by atoms with Gasteiger partial charge < -0.3 is 45.6 Å². The molecule has 0 amide bonds. The predicted molar refractivity (Wildman–Crippen MR) is 341 cm³/mol. The molecule has 1 saturated carbocycles. The largest absolute Gasteiger partial charge is 0.508 e. The van der Waals surface area contributed by atoms with Crippen LogP contribution in [0.5, 0.6) is 17.2 Å². The second-order valence-corrected chi connectivity index (χ2v) is 24.2. The SMILES string of the molecule is CC(O)CO.CN=[N+]=[N-].Cn1nnc2c1CC[C@@H]1[C@H](CC2)[C@H]1COC(=O)CCCSSCCNc1c(F)c(F)c(-c2c3nc(c(-c4cccc(O)c4)c4ccc([nH]4)c(-c4cccc(O)c4)c4nc(c(-c5cccc(O)c5)c5ccc2[nH]5)C=C4)C=C3)c(F)c1F. The van der Waals surface area contributed by atoms with Crippen LogP contribution in [-0.2, 0) is 29.4 Å². The molecule has 0 radical (unpaired) electrons. The Hall–Kier alpha value is -9.06. The molecule has 4 aliphatic rings. The molecule has 1 fully saturated rings. The van der Waals surface area contributed by atoms with Gasteiger partial charge in [-0.05, 0) is 164 Å². The fraction of sp³-hybridized carbons (Fsp3) is 0.277. The summed E-state index contributed by atoms with van der Waals surface area (Å²) >= 11 is 0. The van der Waals surface area contributed by atoms with E-state index in [0.717, 1.165) is 31.4 Å². The van der Waals surface area contributed by atoms with Gasteiger partial charge in [0.2, 0.25) is 0 Å². The molecule has 24 heteroatoms. The Bertz CT molecular complexity index is 4170. The number of esters is 1. The minimum Gasteiger partial charge on any atom is -0.508 e. The maximum absolute atomic E-state index is 17.0. The van der Waals surface area contributed by atoms with Gasteiger partial charge in [0.25, 0.3) is 0 Å². The Balaban J connectivity index is 0.000000908. The summed E-state index contributed by atoms with van der Waals surface area (Å²) in [5.41, 5.74) is 13.3. The monoisotopic (exact) mass is 1250 g/mol. The summed E-state index contributed by atoms with van der Waals surface area (Å²) in [7, 11) is 6.18.